The van der Waals surface area contributed by atoms with Gasteiger partial charge in [-0.25, -0.2) is 4.98 Å². The monoisotopic (exact) mass is 384 g/mol. The van der Waals surface area contributed by atoms with Crippen LogP contribution in [0.1, 0.15) is 23.0 Å². The average molecular weight is 385 g/mol. The zero-order valence-corrected chi connectivity index (χ0v) is 14.5. The van der Waals surface area contributed by atoms with Crippen LogP contribution in [0.2, 0.25) is 0 Å². The molecule has 0 aromatic carbocycles. The van der Waals surface area contributed by atoms with Crippen LogP contribution < -0.4 is 10.6 Å². The molecule has 2 N–H and O–H groups in total. The second-order valence-corrected chi connectivity index (χ2v) is 7.21. The van der Waals surface area contributed by atoms with Crippen LogP contribution in [0, 0.1) is 0 Å². The minimum absolute atomic E-state index is 0.186. The molecule has 0 spiro atoms. The first-order valence-electron chi connectivity index (χ1n) is 6.86. The Bertz CT molecular complexity index is 627. The first kappa shape index (κ1) is 16.7. The van der Waals surface area contributed by atoms with Crippen LogP contribution in [0.25, 0.3) is 0 Å². The summed E-state index contributed by atoms with van der Waals surface area (Å²) in [5, 5.41) is 5.50. The highest BCUT2D eigenvalue weighted by Gasteiger charge is 2.17. The molecule has 0 aliphatic rings. The molecule has 8 heteroatoms. The molecule has 2 aromatic rings. The summed E-state index contributed by atoms with van der Waals surface area (Å²) in [5.74, 6) is -0.425. The van der Waals surface area contributed by atoms with E-state index in [0.29, 0.717) is 11.4 Å². The number of halogens is 1. The van der Waals surface area contributed by atoms with E-state index in [-0.39, 0.29) is 11.8 Å². The third kappa shape index (κ3) is 4.96. The molecular formula is C14H17BrN4O2S. The van der Waals surface area contributed by atoms with E-state index in [1.165, 1.54) is 11.3 Å². The molecule has 1 unspecified atom stereocenters. The third-order valence-electron chi connectivity index (χ3n) is 2.99. The quantitative estimate of drug-likeness (QED) is 0.717. The Morgan fingerprint density at radius 2 is 2.27 bits per heavy atom. The standard InChI is InChI=1S/C14H17BrN4O2S/c1-10(18-14(21)11-3-4-12(15)22-11)13(20)17-5-2-7-19-8-6-16-9-19/h3-4,6,8-10H,2,5,7H2,1H3,(H,17,20)(H,18,21). The molecule has 0 fully saturated rings. The van der Waals surface area contributed by atoms with Crippen LogP contribution in [0.3, 0.4) is 0 Å². The molecule has 2 rings (SSSR count). The largest absolute Gasteiger partial charge is 0.354 e. The topological polar surface area (TPSA) is 76.0 Å². The van der Waals surface area contributed by atoms with Crippen LogP contribution in [0.5, 0.6) is 0 Å². The Balaban J connectivity index is 1.69. The number of hydrogen-bond acceptors (Lipinski definition) is 4. The van der Waals surface area contributed by atoms with Gasteiger partial charge in [0.2, 0.25) is 5.91 Å². The number of nitrogens with zero attached hydrogens (tertiary/aromatic N) is 2. The molecule has 1 atom stereocenters. The van der Waals surface area contributed by atoms with E-state index >= 15 is 0 Å². The van der Waals surface area contributed by atoms with Crippen LogP contribution in [-0.4, -0.2) is 34.0 Å². The van der Waals surface area contributed by atoms with Crippen molar-refractivity contribution in [1.82, 2.24) is 20.2 Å². The lowest BCUT2D eigenvalue weighted by molar-refractivity contribution is -0.122. The van der Waals surface area contributed by atoms with Crippen LogP contribution >= 0.6 is 27.3 Å². The van der Waals surface area contributed by atoms with Gasteiger partial charge in [0.1, 0.15) is 6.04 Å². The third-order valence-corrected chi connectivity index (χ3v) is 4.61. The van der Waals surface area contributed by atoms with Crippen molar-refractivity contribution in [2.45, 2.75) is 25.9 Å². The number of thiophene rings is 1. The molecule has 2 heterocycles. The Kier molecular flexibility index (Phi) is 6.14. The molecule has 0 saturated heterocycles. The summed E-state index contributed by atoms with van der Waals surface area (Å²) in [6.45, 7) is 3.03. The molecule has 2 amide bonds. The molecule has 0 bridgehead atoms. The Labute approximate surface area is 141 Å². The van der Waals surface area contributed by atoms with Gasteiger partial charge in [0.05, 0.1) is 15.0 Å². The summed E-state index contributed by atoms with van der Waals surface area (Å²) < 4.78 is 2.83. The summed E-state index contributed by atoms with van der Waals surface area (Å²) in [6, 6.07) is 2.96. The second-order valence-electron chi connectivity index (χ2n) is 4.74. The van der Waals surface area contributed by atoms with E-state index in [9.17, 15) is 9.59 Å². The Morgan fingerprint density at radius 3 is 2.91 bits per heavy atom. The Hall–Kier alpha value is -1.67. The van der Waals surface area contributed by atoms with Gasteiger partial charge in [-0.15, -0.1) is 11.3 Å². The number of carbonyl (C=O) groups excluding carboxylic acids is 2. The van der Waals surface area contributed by atoms with Crippen molar-refractivity contribution in [2.24, 2.45) is 0 Å². The minimum Gasteiger partial charge on any atom is -0.354 e. The SMILES string of the molecule is CC(NC(=O)c1ccc(Br)s1)C(=O)NCCCn1ccnc1. The van der Waals surface area contributed by atoms with Crippen molar-refractivity contribution in [3.05, 3.63) is 39.5 Å². The summed E-state index contributed by atoms with van der Waals surface area (Å²) in [5.41, 5.74) is 0. The van der Waals surface area contributed by atoms with E-state index < -0.39 is 6.04 Å². The zero-order valence-electron chi connectivity index (χ0n) is 12.1. The van der Waals surface area contributed by atoms with Crippen LogP contribution in [0.4, 0.5) is 0 Å². The summed E-state index contributed by atoms with van der Waals surface area (Å²) >= 11 is 4.64. The predicted molar refractivity (Wildman–Crippen MR) is 88.8 cm³/mol. The van der Waals surface area contributed by atoms with Gasteiger partial charge in [-0.1, -0.05) is 0 Å². The molecule has 0 radical (unpaired) electrons. The normalized spacial score (nSPS) is 11.9. The van der Waals surface area contributed by atoms with Gasteiger partial charge in [-0.05, 0) is 41.4 Å². The van der Waals surface area contributed by atoms with Gasteiger partial charge >= 0.3 is 0 Å². The number of imidazole rings is 1. The van der Waals surface area contributed by atoms with E-state index in [2.05, 4.69) is 31.5 Å². The molecule has 6 nitrogen and oxygen atoms in total. The van der Waals surface area contributed by atoms with Gasteiger partial charge in [0, 0.05) is 25.5 Å². The first-order valence-corrected chi connectivity index (χ1v) is 8.47. The molecule has 22 heavy (non-hydrogen) atoms. The highest BCUT2D eigenvalue weighted by molar-refractivity contribution is 9.11. The highest BCUT2D eigenvalue weighted by atomic mass is 79.9. The number of hydrogen-bond donors (Lipinski definition) is 2. The smallest absolute Gasteiger partial charge is 0.262 e. The van der Waals surface area contributed by atoms with Gasteiger partial charge in [-0.2, -0.15) is 0 Å². The van der Waals surface area contributed by atoms with E-state index in [0.717, 1.165) is 16.8 Å². The minimum atomic E-state index is -0.568. The lowest BCUT2D eigenvalue weighted by Gasteiger charge is -2.13. The van der Waals surface area contributed by atoms with Crippen molar-refractivity contribution in [3.8, 4) is 0 Å². The van der Waals surface area contributed by atoms with Crippen molar-refractivity contribution in [2.75, 3.05) is 6.54 Å². The predicted octanol–water partition coefficient (Wildman–Crippen LogP) is 2.03. The molecule has 2 aromatic heterocycles. The zero-order chi connectivity index (χ0) is 15.9. The van der Waals surface area contributed by atoms with Crippen molar-refractivity contribution in [1.29, 1.82) is 0 Å². The maximum atomic E-state index is 11.9. The fourth-order valence-electron chi connectivity index (χ4n) is 1.81. The van der Waals surface area contributed by atoms with Crippen LogP contribution in [-0.2, 0) is 11.3 Å². The molecule has 0 aliphatic carbocycles. The lowest BCUT2D eigenvalue weighted by Crippen LogP contribution is -2.45. The number of amides is 2. The maximum absolute atomic E-state index is 11.9. The lowest BCUT2D eigenvalue weighted by atomic mass is 10.3. The van der Waals surface area contributed by atoms with Crippen molar-refractivity contribution in [3.63, 3.8) is 0 Å². The fraction of sp³-hybridized carbons (Fsp3) is 0.357. The van der Waals surface area contributed by atoms with Crippen molar-refractivity contribution >= 4 is 39.1 Å². The Morgan fingerprint density at radius 1 is 1.45 bits per heavy atom. The number of aromatic nitrogens is 2. The van der Waals surface area contributed by atoms with E-state index in [1.807, 2.05) is 10.8 Å². The van der Waals surface area contributed by atoms with Crippen LogP contribution in [0.15, 0.2) is 34.6 Å². The molecule has 0 aliphatic heterocycles. The van der Waals surface area contributed by atoms with Gasteiger partial charge in [0.15, 0.2) is 0 Å². The average Bonchev–Trinajstić information content (AvgIpc) is 3.14. The summed E-state index contributed by atoms with van der Waals surface area (Å²) in [4.78, 5) is 28.4. The number of nitrogens with one attached hydrogen (secondary N) is 2. The number of aryl methyl sites for hydroxylation is 1. The number of rotatable bonds is 7. The molecule has 118 valence electrons. The highest BCUT2D eigenvalue weighted by Crippen LogP contribution is 2.21. The maximum Gasteiger partial charge on any atom is 0.262 e. The van der Waals surface area contributed by atoms with E-state index in [1.54, 1.807) is 31.6 Å². The van der Waals surface area contributed by atoms with Gasteiger partial charge < -0.3 is 15.2 Å². The van der Waals surface area contributed by atoms with Gasteiger partial charge in [0.25, 0.3) is 5.91 Å². The van der Waals surface area contributed by atoms with Gasteiger partial charge in [-0.3, -0.25) is 9.59 Å². The molecular weight excluding hydrogens is 368 g/mol. The number of carbonyl (C=O) groups is 2. The summed E-state index contributed by atoms with van der Waals surface area (Å²) in [6.07, 6.45) is 6.15. The second kappa shape index (κ2) is 8.09. The molecule has 0 saturated carbocycles. The van der Waals surface area contributed by atoms with Crippen molar-refractivity contribution < 1.29 is 9.59 Å². The first-order chi connectivity index (χ1) is 10.6. The summed E-state index contributed by atoms with van der Waals surface area (Å²) in [7, 11) is 0. The van der Waals surface area contributed by atoms with E-state index in [4.69, 9.17) is 0 Å². The fourth-order valence-corrected chi connectivity index (χ4v) is 3.10.